The van der Waals surface area contributed by atoms with Crippen LogP contribution < -0.4 is 15.2 Å². The quantitative estimate of drug-likeness (QED) is 0.848. The summed E-state index contributed by atoms with van der Waals surface area (Å²) in [5.41, 5.74) is 7.66. The monoisotopic (exact) mass is 247 g/mol. The molecule has 0 saturated carbocycles. The summed E-state index contributed by atoms with van der Waals surface area (Å²) in [5.74, 6) is 0.836. The molecule has 0 bridgehead atoms. The van der Waals surface area contributed by atoms with Gasteiger partial charge in [0.05, 0.1) is 14.2 Å². The third kappa shape index (κ3) is 2.22. The average molecular weight is 247 g/mol. The average Bonchev–Trinajstić information content (AvgIpc) is 2.38. The van der Waals surface area contributed by atoms with E-state index in [0.29, 0.717) is 22.7 Å². The summed E-state index contributed by atoms with van der Waals surface area (Å²) in [4.78, 5) is 0. The second-order valence-corrected chi connectivity index (χ2v) is 3.80. The summed E-state index contributed by atoms with van der Waals surface area (Å²) in [6.45, 7) is 0. The maximum Gasteiger partial charge on any atom is 0.128 e. The van der Waals surface area contributed by atoms with Gasteiger partial charge in [-0.1, -0.05) is 0 Å². The minimum absolute atomic E-state index is 0.329. The number of methoxy groups -OCH3 is 2. The second-order valence-electron chi connectivity index (χ2n) is 3.80. The van der Waals surface area contributed by atoms with Crippen LogP contribution in [-0.4, -0.2) is 14.2 Å². The summed E-state index contributed by atoms with van der Waals surface area (Å²) in [6, 6.07) is 9.56. The Morgan fingerprint density at radius 3 is 2.28 bits per heavy atom. The topological polar surface area (TPSA) is 44.5 Å². The van der Waals surface area contributed by atoms with Crippen molar-refractivity contribution in [3.05, 3.63) is 42.2 Å². The van der Waals surface area contributed by atoms with Crippen LogP contribution >= 0.6 is 0 Å². The molecule has 0 atom stereocenters. The molecule has 0 unspecified atom stereocenters. The van der Waals surface area contributed by atoms with Crippen LogP contribution in [-0.2, 0) is 0 Å². The van der Waals surface area contributed by atoms with Gasteiger partial charge >= 0.3 is 0 Å². The minimum Gasteiger partial charge on any atom is -0.496 e. The van der Waals surface area contributed by atoms with Crippen LogP contribution in [0.1, 0.15) is 0 Å². The predicted molar refractivity (Wildman–Crippen MR) is 69.4 cm³/mol. The largest absolute Gasteiger partial charge is 0.496 e. The van der Waals surface area contributed by atoms with Crippen molar-refractivity contribution in [1.82, 2.24) is 0 Å². The van der Waals surface area contributed by atoms with Gasteiger partial charge in [-0.3, -0.25) is 0 Å². The van der Waals surface area contributed by atoms with Crippen LogP contribution in [0.2, 0.25) is 0 Å². The van der Waals surface area contributed by atoms with Crippen LogP contribution in [0.15, 0.2) is 36.4 Å². The molecule has 3 nitrogen and oxygen atoms in total. The van der Waals surface area contributed by atoms with Crippen molar-refractivity contribution >= 4 is 5.69 Å². The van der Waals surface area contributed by atoms with Crippen molar-refractivity contribution in [2.24, 2.45) is 0 Å². The van der Waals surface area contributed by atoms with E-state index < -0.39 is 0 Å². The van der Waals surface area contributed by atoms with Crippen LogP contribution in [0.3, 0.4) is 0 Å². The molecule has 0 aliphatic rings. The van der Waals surface area contributed by atoms with Gasteiger partial charge in [-0.25, -0.2) is 4.39 Å². The first-order valence-corrected chi connectivity index (χ1v) is 5.43. The van der Waals surface area contributed by atoms with Crippen molar-refractivity contribution in [3.8, 4) is 22.6 Å². The van der Waals surface area contributed by atoms with Gasteiger partial charge in [-0.15, -0.1) is 0 Å². The molecule has 0 radical (unpaired) electrons. The zero-order valence-corrected chi connectivity index (χ0v) is 10.2. The molecule has 0 aliphatic carbocycles. The fraction of sp³-hybridized carbons (Fsp3) is 0.143. The first-order valence-electron chi connectivity index (χ1n) is 5.43. The van der Waals surface area contributed by atoms with E-state index >= 15 is 0 Å². The van der Waals surface area contributed by atoms with E-state index in [1.54, 1.807) is 38.5 Å². The first kappa shape index (κ1) is 12.2. The molecule has 4 heteroatoms. The fourth-order valence-electron chi connectivity index (χ4n) is 1.82. The van der Waals surface area contributed by atoms with E-state index in [2.05, 4.69) is 0 Å². The first-order chi connectivity index (χ1) is 8.65. The number of rotatable bonds is 3. The van der Waals surface area contributed by atoms with Crippen molar-refractivity contribution in [3.63, 3.8) is 0 Å². The lowest BCUT2D eigenvalue weighted by Crippen LogP contribution is -1.94. The Morgan fingerprint density at radius 1 is 0.889 bits per heavy atom. The van der Waals surface area contributed by atoms with Gasteiger partial charge in [0.1, 0.15) is 17.3 Å². The highest BCUT2D eigenvalue weighted by atomic mass is 19.1. The molecule has 0 heterocycles. The van der Waals surface area contributed by atoms with E-state index in [-0.39, 0.29) is 5.82 Å². The van der Waals surface area contributed by atoms with Gasteiger partial charge in [0.15, 0.2) is 0 Å². The van der Waals surface area contributed by atoms with Gasteiger partial charge in [-0.05, 0) is 30.3 Å². The number of benzene rings is 2. The van der Waals surface area contributed by atoms with Gasteiger partial charge in [0.2, 0.25) is 0 Å². The zero-order chi connectivity index (χ0) is 13.1. The van der Waals surface area contributed by atoms with Crippen molar-refractivity contribution < 1.29 is 13.9 Å². The van der Waals surface area contributed by atoms with Crippen molar-refractivity contribution in [1.29, 1.82) is 0 Å². The lowest BCUT2D eigenvalue weighted by atomic mass is 10.0. The Balaban J connectivity index is 2.64. The zero-order valence-electron chi connectivity index (χ0n) is 10.2. The predicted octanol–water partition coefficient (Wildman–Crippen LogP) is 3.09. The summed E-state index contributed by atoms with van der Waals surface area (Å²) < 4.78 is 23.9. The molecule has 0 aliphatic heterocycles. The Labute approximate surface area is 105 Å². The molecule has 2 aromatic rings. The molecule has 0 aromatic heterocycles. The Hall–Kier alpha value is -2.23. The lowest BCUT2D eigenvalue weighted by molar-refractivity contribution is 0.409. The smallest absolute Gasteiger partial charge is 0.128 e. The number of nitrogen functional groups attached to an aromatic ring is 1. The summed E-state index contributed by atoms with van der Waals surface area (Å²) in [7, 11) is 3.09. The number of hydrogen-bond donors (Lipinski definition) is 1. The molecule has 0 amide bonds. The van der Waals surface area contributed by atoms with Gasteiger partial charge in [-0.2, -0.15) is 0 Å². The fourth-order valence-corrected chi connectivity index (χ4v) is 1.82. The molecule has 0 saturated heterocycles. The molecule has 18 heavy (non-hydrogen) atoms. The third-order valence-corrected chi connectivity index (χ3v) is 2.68. The maximum absolute atomic E-state index is 13.4. The summed E-state index contributed by atoms with van der Waals surface area (Å²) in [5, 5.41) is 0. The number of nitrogens with two attached hydrogens (primary N) is 1. The number of halogens is 1. The van der Waals surface area contributed by atoms with Gasteiger partial charge < -0.3 is 15.2 Å². The highest BCUT2D eigenvalue weighted by molar-refractivity contribution is 5.77. The van der Waals surface area contributed by atoms with E-state index in [9.17, 15) is 4.39 Å². The SMILES string of the molecule is COc1cc(N)ccc1-c1cc(F)ccc1OC. The van der Waals surface area contributed by atoms with Gasteiger partial charge in [0, 0.05) is 22.9 Å². The Bertz CT molecular complexity index is 570. The molecule has 2 rings (SSSR count). The summed E-state index contributed by atoms with van der Waals surface area (Å²) >= 11 is 0. The highest BCUT2D eigenvalue weighted by Crippen LogP contribution is 2.37. The number of anilines is 1. The van der Waals surface area contributed by atoms with Crippen molar-refractivity contribution in [2.45, 2.75) is 0 Å². The van der Waals surface area contributed by atoms with Gasteiger partial charge in [0.25, 0.3) is 0 Å². The molecule has 2 aromatic carbocycles. The molecular weight excluding hydrogens is 233 g/mol. The molecule has 94 valence electrons. The van der Waals surface area contributed by atoms with Crippen LogP contribution in [0.4, 0.5) is 10.1 Å². The van der Waals surface area contributed by atoms with Crippen LogP contribution in [0.5, 0.6) is 11.5 Å². The lowest BCUT2D eigenvalue weighted by Gasteiger charge is -2.13. The van der Waals surface area contributed by atoms with E-state index in [4.69, 9.17) is 15.2 Å². The molecule has 0 spiro atoms. The highest BCUT2D eigenvalue weighted by Gasteiger charge is 2.12. The summed E-state index contributed by atoms with van der Waals surface area (Å²) in [6.07, 6.45) is 0. The molecular formula is C14H14FNO2. The van der Waals surface area contributed by atoms with E-state index in [1.165, 1.54) is 12.1 Å². The second kappa shape index (κ2) is 4.96. The Morgan fingerprint density at radius 2 is 1.61 bits per heavy atom. The van der Waals surface area contributed by atoms with E-state index in [0.717, 1.165) is 5.56 Å². The van der Waals surface area contributed by atoms with E-state index in [1.807, 2.05) is 0 Å². The van der Waals surface area contributed by atoms with Crippen molar-refractivity contribution in [2.75, 3.05) is 20.0 Å². The standard InChI is InChI=1S/C14H14FNO2/c1-17-13-6-3-9(15)7-12(13)11-5-4-10(16)8-14(11)18-2/h3-8H,16H2,1-2H3. The van der Waals surface area contributed by atoms with Crippen LogP contribution in [0.25, 0.3) is 11.1 Å². The Kier molecular flexibility index (Phi) is 3.37. The molecule has 2 N–H and O–H groups in total. The number of hydrogen-bond acceptors (Lipinski definition) is 3. The normalized spacial score (nSPS) is 10.2. The molecule has 0 fully saturated rings. The number of ether oxygens (including phenoxy) is 2. The third-order valence-electron chi connectivity index (χ3n) is 2.68. The minimum atomic E-state index is -0.329. The maximum atomic E-state index is 13.4. The van der Waals surface area contributed by atoms with Crippen LogP contribution in [0, 0.1) is 5.82 Å².